The average Bonchev–Trinajstić information content (AvgIpc) is 2.53. The van der Waals surface area contributed by atoms with E-state index >= 15 is 0 Å². The Morgan fingerprint density at radius 2 is 1.80 bits per heavy atom. The van der Waals surface area contributed by atoms with Crippen molar-refractivity contribution in [2.75, 3.05) is 14.2 Å². The van der Waals surface area contributed by atoms with Gasteiger partial charge in [0.1, 0.15) is 19.2 Å². The Hall–Kier alpha value is -2.62. The lowest BCUT2D eigenvalue weighted by molar-refractivity contribution is 0.394. The predicted molar refractivity (Wildman–Crippen MR) is 78.1 cm³/mol. The van der Waals surface area contributed by atoms with Gasteiger partial charge in [0.2, 0.25) is 0 Å². The molecule has 0 aliphatic heterocycles. The smallest absolute Gasteiger partial charge is 0.123 e. The highest BCUT2D eigenvalue weighted by atomic mass is 16.5. The second-order valence-electron chi connectivity index (χ2n) is 4.31. The van der Waals surface area contributed by atoms with Gasteiger partial charge in [-0.05, 0) is 17.7 Å². The minimum atomic E-state index is 0.00445. The van der Waals surface area contributed by atoms with E-state index in [-0.39, 0.29) is 6.30 Å². The number of benzene rings is 2. The summed E-state index contributed by atoms with van der Waals surface area (Å²) in [5, 5.41) is 0.894. The van der Waals surface area contributed by atoms with Crippen LogP contribution in [0.5, 0.6) is 11.5 Å². The molecule has 100 valence electrons. The first-order chi connectivity index (χ1) is 10.2. The Labute approximate surface area is 118 Å². The first-order valence-corrected chi connectivity index (χ1v) is 6.17. The standard InChI is InChI=1S/C16H14N2O2/c1-19-13-6-12(7-14(8-13)20-2)15-5-3-4-11-9-17-10-18-16(11)15/h3-10H,1-2H3/i10D. The Morgan fingerprint density at radius 1 is 1.05 bits per heavy atom. The summed E-state index contributed by atoms with van der Waals surface area (Å²) in [5.41, 5.74) is 2.59. The molecular weight excluding hydrogens is 252 g/mol. The Kier molecular flexibility index (Phi) is 2.90. The fraction of sp³-hybridized carbons (Fsp3) is 0.125. The van der Waals surface area contributed by atoms with Crippen molar-refractivity contribution in [3.8, 4) is 22.6 Å². The summed E-state index contributed by atoms with van der Waals surface area (Å²) in [4.78, 5) is 8.15. The fourth-order valence-electron chi connectivity index (χ4n) is 2.16. The molecule has 0 saturated carbocycles. The van der Waals surface area contributed by atoms with Gasteiger partial charge in [-0.3, -0.25) is 0 Å². The molecule has 1 aromatic heterocycles. The summed E-state index contributed by atoms with van der Waals surface area (Å²) in [5.74, 6) is 1.42. The van der Waals surface area contributed by atoms with E-state index in [1.165, 1.54) is 0 Å². The van der Waals surface area contributed by atoms with Gasteiger partial charge in [-0.25, -0.2) is 9.97 Å². The molecule has 0 bridgehead atoms. The molecule has 0 aliphatic carbocycles. The Bertz CT molecular complexity index is 783. The monoisotopic (exact) mass is 267 g/mol. The van der Waals surface area contributed by atoms with Crippen molar-refractivity contribution in [3.05, 3.63) is 48.9 Å². The highest BCUT2D eigenvalue weighted by Gasteiger charge is 2.08. The van der Waals surface area contributed by atoms with Gasteiger partial charge in [-0.1, -0.05) is 18.2 Å². The zero-order chi connectivity index (χ0) is 14.8. The van der Waals surface area contributed by atoms with Gasteiger partial charge in [0.25, 0.3) is 0 Å². The van der Waals surface area contributed by atoms with Gasteiger partial charge < -0.3 is 9.47 Å². The average molecular weight is 267 g/mol. The van der Waals surface area contributed by atoms with Crippen LogP contribution in [0.3, 0.4) is 0 Å². The van der Waals surface area contributed by atoms with Crippen LogP contribution in [0, 0.1) is 0 Å². The Balaban J connectivity index is 2.27. The van der Waals surface area contributed by atoms with Crippen LogP contribution in [-0.4, -0.2) is 24.2 Å². The summed E-state index contributed by atoms with van der Waals surface area (Å²) >= 11 is 0. The van der Waals surface area contributed by atoms with E-state index in [0.717, 1.165) is 22.0 Å². The molecule has 0 saturated heterocycles. The summed E-state index contributed by atoms with van der Waals surface area (Å²) in [7, 11) is 3.23. The number of hydrogen-bond donors (Lipinski definition) is 0. The molecule has 1 heterocycles. The number of nitrogens with zero attached hydrogens (tertiary/aromatic N) is 2. The number of ether oxygens (including phenoxy) is 2. The van der Waals surface area contributed by atoms with Gasteiger partial charge in [0, 0.05) is 23.2 Å². The molecular formula is C16H14N2O2. The molecule has 0 unspecified atom stereocenters. The zero-order valence-corrected chi connectivity index (χ0v) is 11.3. The van der Waals surface area contributed by atoms with Gasteiger partial charge >= 0.3 is 0 Å². The van der Waals surface area contributed by atoms with E-state index in [9.17, 15) is 0 Å². The molecule has 0 radical (unpaired) electrons. The van der Waals surface area contributed by atoms with Crippen LogP contribution in [0.4, 0.5) is 0 Å². The van der Waals surface area contributed by atoms with E-state index < -0.39 is 0 Å². The van der Waals surface area contributed by atoms with Crippen molar-refractivity contribution in [2.24, 2.45) is 0 Å². The third kappa shape index (κ3) is 2.16. The maximum Gasteiger partial charge on any atom is 0.123 e. The number of methoxy groups -OCH3 is 2. The SMILES string of the molecule is [2H]c1ncc2cccc(-c3cc(OC)cc(OC)c3)c2n1. The van der Waals surface area contributed by atoms with Crippen molar-refractivity contribution in [1.29, 1.82) is 0 Å². The first-order valence-electron chi connectivity index (χ1n) is 6.67. The number of para-hydroxylation sites is 1. The van der Waals surface area contributed by atoms with Crippen LogP contribution >= 0.6 is 0 Å². The summed E-state index contributed by atoms with van der Waals surface area (Å²) in [6.07, 6.45) is 1.66. The third-order valence-corrected chi connectivity index (χ3v) is 3.15. The predicted octanol–water partition coefficient (Wildman–Crippen LogP) is 3.31. The van der Waals surface area contributed by atoms with Crippen molar-refractivity contribution >= 4 is 10.9 Å². The van der Waals surface area contributed by atoms with Crippen LogP contribution < -0.4 is 9.47 Å². The highest BCUT2D eigenvalue weighted by Crippen LogP contribution is 2.32. The molecule has 0 spiro atoms. The van der Waals surface area contributed by atoms with Crippen LogP contribution in [0.1, 0.15) is 1.37 Å². The van der Waals surface area contributed by atoms with Crippen LogP contribution in [0.25, 0.3) is 22.0 Å². The van der Waals surface area contributed by atoms with E-state index in [4.69, 9.17) is 10.8 Å². The molecule has 0 N–H and O–H groups in total. The van der Waals surface area contributed by atoms with Gasteiger partial charge in [-0.2, -0.15) is 0 Å². The summed E-state index contributed by atoms with van der Waals surface area (Å²) in [6, 6.07) is 11.5. The Morgan fingerprint density at radius 3 is 2.50 bits per heavy atom. The normalized spacial score (nSPS) is 11.2. The summed E-state index contributed by atoms with van der Waals surface area (Å²) in [6.45, 7) is 0. The van der Waals surface area contributed by atoms with Crippen LogP contribution in [0.2, 0.25) is 0 Å². The van der Waals surface area contributed by atoms with Crippen LogP contribution in [0.15, 0.2) is 48.9 Å². The molecule has 4 heteroatoms. The van der Waals surface area contributed by atoms with E-state index in [0.29, 0.717) is 11.5 Å². The maximum absolute atomic E-state index is 7.62. The lowest BCUT2D eigenvalue weighted by Gasteiger charge is -2.10. The van der Waals surface area contributed by atoms with Crippen molar-refractivity contribution < 1.29 is 10.8 Å². The first kappa shape index (κ1) is 11.2. The van der Waals surface area contributed by atoms with Gasteiger partial charge in [0.05, 0.1) is 19.7 Å². The minimum Gasteiger partial charge on any atom is -0.497 e. The zero-order valence-electron chi connectivity index (χ0n) is 12.3. The molecule has 2 aromatic carbocycles. The molecule has 3 aromatic rings. The second kappa shape index (κ2) is 5.17. The molecule has 3 rings (SSSR count). The van der Waals surface area contributed by atoms with Gasteiger partial charge in [-0.15, -0.1) is 0 Å². The molecule has 0 aliphatic rings. The fourth-order valence-corrected chi connectivity index (χ4v) is 2.16. The molecule has 0 amide bonds. The van der Waals surface area contributed by atoms with Crippen LogP contribution in [-0.2, 0) is 0 Å². The molecule has 0 fully saturated rings. The number of rotatable bonds is 3. The van der Waals surface area contributed by atoms with Crippen molar-refractivity contribution in [3.63, 3.8) is 0 Å². The maximum atomic E-state index is 7.62. The topological polar surface area (TPSA) is 44.2 Å². The number of fused-ring (bicyclic) bond motifs is 1. The molecule has 4 nitrogen and oxygen atoms in total. The van der Waals surface area contributed by atoms with Gasteiger partial charge in [0.15, 0.2) is 0 Å². The van der Waals surface area contributed by atoms with Crippen molar-refractivity contribution in [2.45, 2.75) is 0 Å². The highest BCUT2D eigenvalue weighted by molar-refractivity contribution is 5.93. The molecule has 20 heavy (non-hydrogen) atoms. The third-order valence-electron chi connectivity index (χ3n) is 3.15. The largest absolute Gasteiger partial charge is 0.497 e. The lowest BCUT2D eigenvalue weighted by Crippen LogP contribution is -1.90. The molecule has 0 atom stereocenters. The van der Waals surface area contributed by atoms with E-state index in [1.807, 2.05) is 36.4 Å². The number of aromatic nitrogens is 2. The second-order valence-corrected chi connectivity index (χ2v) is 4.31. The lowest BCUT2D eigenvalue weighted by atomic mass is 10.0. The number of hydrogen-bond acceptors (Lipinski definition) is 4. The van der Waals surface area contributed by atoms with E-state index in [2.05, 4.69) is 9.97 Å². The van der Waals surface area contributed by atoms with Crippen molar-refractivity contribution in [1.82, 2.24) is 9.97 Å². The minimum absolute atomic E-state index is 0.00445. The summed E-state index contributed by atoms with van der Waals surface area (Å²) < 4.78 is 18.2. The van der Waals surface area contributed by atoms with E-state index in [1.54, 1.807) is 20.4 Å². The quantitative estimate of drug-likeness (QED) is 0.730.